The Hall–Kier alpha value is -3.54. The van der Waals surface area contributed by atoms with Crippen molar-refractivity contribution in [3.05, 3.63) is 72.3 Å². The fourth-order valence-corrected chi connectivity index (χ4v) is 3.76. The van der Waals surface area contributed by atoms with Gasteiger partial charge in [-0.1, -0.05) is 62.4 Å². The lowest BCUT2D eigenvalue weighted by Crippen LogP contribution is -2.50. The van der Waals surface area contributed by atoms with E-state index in [4.69, 9.17) is 9.47 Å². The summed E-state index contributed by atoms with van der Waals surface area (Å²) >= 11 is 0. The molecule has 2 amide bonds. The quantitative estimate of drug-likeness (QED) is 0.467. The Balaban J connectivity index is 1.81. The zero-order valence-electron chi connectivity index (χ0n) is 19.5. The smallest absolute Gasteiger partial charge is 0.261 e. The van der Waals surface area contributed by atoms with Gasteiger partial charge in [0.25, 0.3) is 5.91 Å². The summed E-state index contributed by atoms with van der Waals surface area (Å²) in [7, 11) is 1.61. The molecule has 0 aromatic heterocycles. The van der Waals surface area contributed by atoms with Crippen LogP contribution in [0, 0.1) is 0 Å². The highest BCUT2D eigenvalue weighted by atomic mass is 16.5. The first-order chi connectivity index (χ1) is 16.1. The van der Waals surface area contributed by atoms with Gasteiger partial charge < -0.3 is 19.7 Å². The summed E-state index contributed by atoms with van der Waals surface area (Å²) in [6.07, 6.45) is 1.34. The molecule has 0 aliphatic heterocycles. The first-order valence-corrected chi connectivity index (χ1v) is 11.4. The molecule has 0 spiro atoms. The van der Waals surface area contributed by atoms with Crippen molar-refractivity contribution in [2.45, 2.75) is 39.3 Å². The van der Waals surface area contributed by atoms with Crippen LogP contribution in [0.15, 0.2) is 66.7 Å². The van der Waals surface area contributed by atoms with Crippen LogP contribution in [-0.2, 0) is 16.1 Å². The van der Waals surface area contributed by atoms with Crippen molar-refractivity contribution < 1.29 is 19.1 Å². The molecular formula is C27H32N2O4. The van der Waals surface area contributed by atoms with Crippen LogP contribution in [0.2, 0.25) is 0 Å². The average Bonchev–Trinajstić information content (AvgIpc) is 2.86. The Morgan fingerprint density at radius 3 is 2.39 bits per heavy atom. The van der Waals surface area contributed by atoms with Crippen LogP contribution >= 0.6 is 0 Å². The lowest BCUT2D eigenvalue weighted by molar-refractivity contribution is -0.142. The van der Waals surface area contributed by atoms with E-state index in [9.17, 15) is 9.59 Å². The number of hydrogen-bond donors (Lipinski definition) is 1. The Bertz CT molecular complexity index is 1060. The van der Waals surface area contributed by atoms with Gasteiger partial charge in [-0.15, -0.1) is 0 Å². The third kappa shape index (κ3) is 6.25. The summed E-state index contributed by atoms with van der Waals surface area (Å²) < 4.78 is 11.2. The van der Waals surface area contributed by atoms with Crippen molar-refractivity contribution in [3.63, 3.8) is 0 Å². The van der Waals surface area contributed by atoms with Gasteiger partial charge in [-0.2, -0.15) is 0 Å². The fraction of sp³-hybridized carbons (Fsp3) is 0.333. The van der Waals surface area contributed by atoms with E-state index in [1.165, 1.54) is 0 Å². The minimum absolute atomic E-state index is 0.147. The monoisotopic (exact) mass is 448 g/mol. The molecule has 0 heterocycles. The maximum atomic E-state index is 13.4. The molecule has 3 aromatic carbocycles. The van der Waals surface area contributed by atoms with Gasteiger partial charge in [-0.25, -0.2) is 0 Å². The summed E-state index contributed by atoms with van der Waals surface area (Å²) in [6, 6.07) is 20.6. The van der Waals surface area contributed by atoms with Crippen LogP contribution in [0.25, 0.3) is 10.8 Å². The summed E-state index contributed by atoms with van der Waals surface area (Å²) in [5.41, 5.74) is 0.913. The second kappa shape index (κ2) is 11.9. The number of carbonyl (C=O) groups excluding carboxylic acids is 2. The average molecular weight is 449 g/mol. The molecular weight excluding hydrogens is 416 g/mol. The molecule has 6 heteroatoms. The third-order valence-electron chi connectivity index (χ3n) is 5.55. The molecule has 0 radical (unpaired) electrons. The van der Waals surface area contributed by atoms with Gasteiger partial charge in [-0.3, -0.25) is 9.59 Å². The van der Waals surface area contributed by atoms with E-state index in [1.54, 1.807) is 12.0 Å². The number of nitrogens with one attached hydrogen (secondary N) is 1. The fourth-order valence-electron chi connectivity index (χ4n) is 3.76. The van der Waals surface area contributed by atoms with Crippen molar-refractivity contribution in [2.24, 2.45) is 0 Å². The highest BCUT2D eigenvalue weighted by Crippen LogP contribution is 2.25. The third-order valence-corrected chi connectivity index (χ3v) is 5.55. The molecule has 0 fully saturated rings. The number of ether oxygens (including phenoxy) is 2. The number of amides is 2. The maximum absolute atomic E-state index is 13.4. The van der Waals surface area contributed by atoms with Crippen molar-refractivity contribution in [3.8, 4) is 11.5 Å². The first-order valence-electron chi connectivity index (χ1n) is 11.4. The van der Waals surface area contributed by atoms with Crippen molar-refractivity contribution in [2.75, 3.05) is 20.3 Å². The summed E-state index contributed by atoms with van der Waals surface area (Å²) in [4.78, 5) is 27.8. The SMILES string of the molecule is CCCNC(=O)[C@H](CC)N(Cc1ccc(OC)cc1)C(=O)COc1cccc2ccccc12. The van der Waals surface area contributed by atoms with Gasteiger partial charge >= 0.3 is 0 Å². The van der Waals surface area contributed by atoms with Gasteiger partial charge in [0.1, 0.15) is 17.5 Å². The zero-order valence-corrected chi connectivity index (χ0v) is 19.5. The van der Waals surface area contributed by atoms with Crippen LogP contribution in [0.3, 0.4) is 0 Å². The first kappa shape index (κ1) is 24.1. The molecule has 0 saturated carbocycles. The minimum Gasteiger partial charge on any atom is -0.497 e. The number of carbonyl (C=O) groups is 2. The second-order valence-corrected chi connectivity index (χ2v) is 7.85. The van der Waals surface area contributed by atoms with Crippen molar-refractivity contribution in [1.29, 1.82) is 0 Å². The molecule has 0 bridgehead atoms. The molecule has 3 rings (SSSR count). The summed E-state index contributed by atoms with van der Waals surface area (Å²) in [5, 5.41) is 4.92. The Labute approximate surface area is 195 Å². The Kier molecular flexibility index (Phi) is 8.70. The normalized spacial score (nSPS) is 11.6. The largest absolute Gasteiger partial charge is 0.497 e. The second-order valence-electron chi connectivity index (χ2n) is 7.85. The predicted molar refractivity (Wildman–Crippen MR) is 130 cm³/mol. The lowest BCUT2D eigenvalue weighted by atomic mass is 10.1. The number of hydrogen-bond acceptors (Lipinski definition) is 4. The Morgan fingerprint density at radius 2 is 1.70 bits per heavy atom. The molecule has 0 saturated heterocycles. The topological polar surface area (TPSA) is 67.9 Å². The van der Waals surface area contributed by atoms with E-state index in [-0.39, 0.29) is 18.4 Å². The zero-order chi connectivity index (χ0) is 23.6. The van der Waals surface area contributed by atoms with E-state index in [2.05, 4.69) is 5.32 Å². The van der Waals surface area contributed by atoms with E-state index >= 15 is 0 Å². The Morgan fingerprint density at radius 1 is 0.970 bits per heavy atom. The molecule has 1 N–H and O–H groups in total. The van der Waals surface area contributed by atoms with E-state index in [0.717, 1.165) is 28.5 Å². The van der Waals surface area contributed by atoms with Gasteiger partial charge in [0.15, 0.2) is 6.61 Å². The molecule has 174 valence electrons. The van der Waals surface area contributed by atoms with Crippen molar-refractivity contribution >= 4 is 22.6 Å². The predicted octanol–water partition coefficient (Wildman–Crippen LogP) is 4.56. The van der Waals surface area contributed by atoms with E-state index in [1.807, 2.05) is 80.6 Å². The number of benzene rings is 3. The van der Waals surface area contributed by atoms with Crippen LogP contribution in [0.1, 0.15) is 32.3 Å². The number of methoxy groups -OCH3 is 1. The van der Waals surface area contributed by atoms with E-state index < -0.39 is 6.04 Å². The lowest BCUT2D eigenvalue weighted by Gasteiger charge is -2.30. The van der Waals surface area contributed by atoms with E-state index in [0.29, 0.717) is 25.3 Å². The molecule has 6 nitrogen and oxygen atoms in total. The molecule has 1 atom stereocenters. The molecule has 0 aliphatic rings. The van der Waals surface area contributed by atoms with Crippen LogP contribution in [0.5, 0.6) is 11.5 Å². The van der Waals surface area contributed by atoms with Gasteiger partial charge in [0, 0.05) is 18.5 Å². The molecule has 3 aromatic rings. The molecule has 33 heavy (non-hydrogen) atoms. The van der Waals surface area contributed by atoms with Crippen molar-refractivity contribution in [1.82, 2.24) is 10.2 Å². The van der Waals surface area contributed by atoms with Gasteiger partial charge in [0.2, 0.25) is 5.91 Å². The number of fused-ring (bicyclic) bond motifs is 1. The highest BCUT2D eigenvalue weighted by Gasteiger charge is 2.28. The summed E-state index contributed by atoms with van der Waals surface area (Å²) in [5.74, 6) is 1.00. The van der Waals surface area contributed by atoms with Gasteiger partial charge in [0.05, 0.1) is 7.11 Å². The van der Waals surface area contributed by atoms with Crippen LogP contribution < -0.4 is 14.8 Å². The van der Waals surface area contributed by atoms with Gasteiger partial charge in [-0.05, 0) is 42.0 Å². The molecule has 0 aliphatic carbocycles. The summed E-state index contributed by atoms with van der Waals surface area (Å²) in [6.45, 7) is 4.64. The standard InChI is InChI=1S/C27H32N2O4/c1-4-17-28-27(31)24(5-2)29(18-20-13-15-22(32-3)16-14-20)26(30)19-33-25-12-8-10-21-9-6-7-11-23(21)25/h6-16,24H,4-5,17-19H2,1-3H3,(H,28,31)/t24-/m0/s1. The minimum atomic E-state index is -0.581. The van der Waals surface area contributed by atoms with Crippen LogP contribution in [0.4, 0.5) is 0 Å². The number of nitrogens with zero attached hydrogens (tertiary/aromatic N) is 1. The highest BCUT2D eigenvalue weighted by molar-refractivity contribution is 5.90. The number of rotatable bonds is 11. The maximum Gasteiger partial charge on any atom is 0.261 e. The van der Waals surface area contributed by atoms with Crippen LogP contribution in [-0.4, -0.2) is 43.0 Å². The molecule has 0 unspecified atom stereocenters.